The molecule has 0 aromatic carbocycles. The Morgan fingerprint density at radius 1 is 1.80 bits per heavy atom. The van der Waals surface area contributed by atoms with Crippen LogP contribution in [0.15, 0.2) is 0 Å². The summed E-state index contributed by atoms with van der Waals surface area (Å²) >= 11 is 5.39. The monoisotopic (exact) mass is 186 g/mol. The molecule has 2 atom stereocenters. The number of halogens is 1. The highest BCUT2D eigenvalue weighted by molar-refractivity contribution is 7.55. The summed E-state index contributed by atoms with van der Waals surface area (Å²) in [6, 6.07) is 0. The lowest BCUT2D eigenvalue weighted by Gasteiger charge is -2.41. The van der Waals surface area contributed by atoms with Crippen LogP contribution < -0.4 is 0 Å². The van der Waals surface area contributed by atoms with Gasteiger partial charge in [-0.25, -0.2) is 0 Å². The van der Waals surface area contributed by atoms with Gasteiger partial charge in [-0.2, -0.15) is 0 Å². The third-order valence-electron chi connectivity index (χ3n) is 1.36. The molecule has 6 heteroatoms. The first-order valence-corrected chi connectivity index (χ1v) is 4.76. The van der Waals surface area contributed by atoms with Crippen LogP contribution in [0.5, 0.6) is 0 Å². The lowest BCUT2D eigenvalue weighted by molar-refractivity contribution is -0.106. The number of rotatable bonds is 1. The van der Waals surface area contributed by atoms with E-state index in [-0.39, 0.29) is 12.5 Å². The zero-order valence-corrected chi connectivity index (χ0v) is 6.97. The van der Waals surface area contributed by atoms with Gasteiger partial charge >= 0.3 is 7.60 Å². The van der Waals surface area contributed by atoms with Crippen LogP contribution in [0, 0.1) is 0 Å². The summed E-state index contributed by atoms with van der Waals surface area (Å²) in [5.41, 5.74) is 0. The maximum Gasteiger partial charge on any atom is 0.372 e. The van der Waals surface area contributed by atoms with Crippen LogP contribution in [0.1, 0.15) is 13.3 Å². The second-order valence-electron chi connectivity index (χ2n) is 2.37. The molecule has 1 rings (SSSR count). The summed E-state index contributed by atoms with van der Waals surface area (Å²) < 4.78 is 15.2. The van der Waals surface area contributed by atoms with Gasteiger partial charge in [-0.05, 0) is 6.92 Å². The van der Waals surface area contributed by atoms with Gasteiger partial charge in [0.05, 0.1) is 6.10 Å². The maximum absolute atomic E-state index is 10.5. The van der Waals surface area contributed by atoms with Gasteiger partial charge in [0.25, 0.3) is 0 Å². The Balaban J connectivity index is 2.66. The fourth-order valence-electron chi connectivity index (χ4n) is 0.841. The van der Waals surface area contributed by atoms with Crippen LogP contribution >= 0.6 is 19.2 Å². The largest absolute Gasteiger partial charge is 0.372 e. The van der Waals surface area contributed by atoms with E-state index in [4.69, 9.17) is 26.1 Å². The van der Waals surface area contributed by atoms with Gasteiger partial charge in [-0.3, -0.25) is 4.57 Å². The van der Waals surface area contributed by atoms with Crippen LogP contribution in [0.25, 0.3) is 0 Å². The van der Waals surface area contributed by atoms with Crippen molar-refractivity contribution in [3.63, 3.8) is 0 Å². The Labute approximate surface area is 63.3 Å². The fraction of sp³-hybridized carbons (Fsp3) is 1.00. The Morgan fingerprint density at radius 3 is 2.30 bits per heavy atom. The molecule has 10 heavy (non-hydrogen) atoms. The molecule has 1 saturated heterocycles. The second kappa shape index (κ2) is 2.19. The Morgan fingerprint density at radius 2 is 2.20 bits per heavy atom. The van der Waals surface area contributed by atoms with E-state index in [1.165, 1.54) is 0 Å². The van der Waals surface area contributed by atoms with E-state index in [0.717, 1.165) is 0 Å². The van der Waals surface area contributed by atoms with Crippen molar-refractivity contribution in [3.05, 3.63) is 0 Å². The molecule has 1 aliphatic heterocycles. The Hall–Kier alpha value is 0.400. The lowest BCUT2D eigenvalue weighted by atomic mass is 10.2. The standard InChI is InChI=1S/C4H8ClO4P/c1-3-2-4(5,9-3)10(6,7)8/h3H,2H2,1H3,(H2,6,7,8). The summed E-state index contributed by atoms with van der Waals surface area (Å²) in [6.07, 6.45) is 0.0591. The topological polar surface area (TPSA) is 66.8 Å². The van der Waals surface area contributed by atoms with Gasteiger partial charge in [-0.1, -0.05) is 11.6 Å². The summed E-state index contributed by atoms with van der Waals surface area (Å²) in [6.45, 7) is 1.70. The first-order chi connectivity index (χ1) is 4.35. The average Bonchev–Trinajstić information content (AvgIpc) is 1.58. The van der Waals surface area contributed by atoms with Gasteiger partial charge in [0.1, 0.15) is 0 Å². The van der Waals surface area contributed by atoms with Crippen LogP contribution in [-0.4, -0.2) is 20.7 Å². The van der Waals surface area contributed by atoms with Crippen LogP contribution in [-0.2, 0) is 9.30 Å². The molecule has 0 aliphatic carbocycles. The molecule has 0 amide bonds. The smallest absolute Gasteiger partial charge is 0.346 e. The molecule has 0 radical (unpaired) electrons. The first-order valence-electron chi connectivity index (χ1n) is 2.77. The number of alkyl halides is 1. The van der Waals surface area contributed by atoms with Crippen molar-refractivity contribution >= 4 is 19.2 Å². The predicted molar refractivity (Wildman–Crippen MR) is 35.8 cm³/mol. The molecular weight excluding hydrogens is 178 g/mol. The molecule has 1 heterocycles. The van der Waals surface area contributed by atoms with E-state index in [1.54, 1.807) is 6.92 Å². The first kappa shape index (κ1) is 8.50. The van der Waals surface area contributed by atoms with E-state index in [1.807, 2.05) is 0 Å². The second-order valence-corrected chi connectivity index (χ2v) is 5.05. The van der Waals surface area contributed by atoms with Crippen molar-refractivity contribution < 1.29 is 19.1 Å². The molecule has 1 aliphatic rings. The zero-order chi connectivity index (χ0) is 7.99. The van der Waals surface area contributed by atoms with Crippen LogP contribution in [0.3, 0.4) is 0 Å². The SMILES string of the molecule is CC1CC(Cl)(P(=O)(O)O)O1. The number of hydrogen-bond acceptors (Lipinski definition) is 2. The van der Waals surface area contributed by atoms with Crippen LogP contribution in [0.2, 0.25) is 0 Å². The van der Waals surface area contributed by atoms with Gasteiger partial charge in [0.2, 0.25) is 4.80 Å². The molecule has 0 saturated carbocycles. The third-order valence-corrected chi connectivity index (χ3v) is 3.42. The van der Waals surface area contributed by atoms with Crippen molar-refractivity contribution in [1.82, 2.24) is 0 Å². The van der Waals surface area contributed by atoms with Gasteiger partial charge < -0.3 is 14.5 Å². The van der Waals surface area contributed by atoms with E-state index in [0.29, 0.717) is 0 Å². The van der Waals surface area contributed by atoms with Crippen molar-refractivity contribution in [3.8, 4) is 0 Å². The highest BCUT2D eigenvalue weighted by Gasteiger charge is 2.55. The quantitative estimate of drug-likeness (QED) is 0.471. The molecule has 4 nitrogen and oxygen atoms in total. The molecule has 1 fully saturated rings. The zero-order valence-electron chi connectivity index (χ0n) is 5.32. The normalized spacial score (nSPS) is 41.0. The fourth-order valence-corrected chi connectivity index (χ4v) is 2.02. The molecule has 0 aromatic rings. The minimum Gasteiger partial charge on any atom is -0.346 e. The highest BCUT2D eigenvalue weighted by atomic mass is 35.5. The molecular formula is C4H8ClO4P. The van der Waals surface area contributed by atoms with Crippen molar-refractivity contribution in [2.45, 2.75) is 24.2 Å². The van der Waals surface area contributed by atoms with E-state index < -0.39 is 12.4 Å². The molecule has 0 spiro atoms. The minimum atomic E-state index is -4.28. The predicted octanol–water partition coefficient (Wildman–Crippen LogP) is 0.865. The van der Waals surface area contributed by atoms with Gasteiger partial charge in [-0.15, -0.1) is 0 Å². The highest BCUT2D eigenvalue weighted by Crippen LogP contribution is 2.61. The molecule has 0 bridgehead atoms. The van der Waals surface area contributed by atoms with E-state index >= 15 is 0 Å². The third kappa shape index (κ3) is 1.22. The summed E-state index contributed by atoms with van der Waals surface area (Å²) in [4.78, 5) is 15.4. The Kier molecular flexibility index (Phi) is 1.86. The van der Waals surface area contributed by atoms with Crippen molar-refractivity contribution in [1.29, 1.82) is 0 Å². The van der Waals surface area contributed by atoms with Crippen molar-refractivity contribution in [2.75, 3.05) is 0 Å². The van der Waals surface area contributed by atoms with Crippen molar-refractivity contribution in [2.24, 2.45) is 0 Å². The van der Waals surface area contributed by atoms with Gasteiger partial charge in [0, 0.05) is 6.42 Å². The van der Waals surface area contributed by atoms with Gasteiger partial charge in [0.15, 0.2) is 0 Å². The summed E-state index contributed by atoms with van der Waals surface area (Å²) in [7, 11) is -4.28. The minimum absolute atomic E-state index is 0.148. The maximum atomic E-state index is 10.5. The summed E-state index contributed by atoms with van der Waals surface area (Å²) in [5.74, 6) is 0. The van der Waals surface area contributed by atoms with E-state index in [2.05, 4.69) is 0 Å². The van der Waals surface area contributed by atoms with E-state index in [9.17, 15) is 4.57 Å². The molecule has 0 aromatic heterocycles. The Bertz CT molecular complexity index is 182. The molecule has 2 N–H and O–H groups in total. The number of ether oxygens (including phenoxy) is 1. The van der Waals surface area contributed by atoms with Crippen LogP contribution in [0.4, 0.5) is 0 Å². The average molecular weight is 187 g/mol. The number of hydrogen-bond donors (Lipinski definition) is 2. The summed E-state index contributed by atoms with van der Waals surface area (Å²) in [5, 5.41) is 0. The molecule has 2 unspecified atom stereocenters. The lowest BCUT2D eigenvalue weighted by Crippen LogP contribution is -2.43. The molecule has 60 valence electrons.